The van der Waals surface area contributed by atoms with Crippen LogP contribution in [0.25, 0.3) is 0 Å². The van der Waals surface area contributed by atoms with Crippen LogP contribution in [-0.2, 0) is 9.22 Å². The van der Waals surface area contributed by atoms with E-state index in [1.165, 1.54) is 6.92 Å². The largest absolute Gasteiger partial charge is 0.497 e. The summed E-state index contributed by atoms with van der Waals surface area (Å²) in [5.41, 5.74) is 5.86. The summed E-state index contributed by atoms with van der Waals surface area (Å²) in [6.45, 7) is 12.7. The Morgan fingerprint density at radius 2 is 1.88 bits per heavy atom. The fourth-order valence-electron chi connectivity index (χ4n) is 3.16. The molecule has 0 aromatic heterocycles. The molecule has 2 aromatic rings. The van der Waals surface area contributed by atoms with E-state index in [0.29, 0.717) is 23.2 Å². The number of hydrogen-bond donors (Lipinski definition) is 2. The molecule has 1 aliphatic heterocycles. The summed E-state index contributed by atoms with van der Waals surface area (Å²) in [5, 5.41) is 8.42. The lowest BCUT2D eigenvalue weighted by molar-refractivity contribution is -0.118. The van der Waals surface area contributed by atoms with Crippen molar-refractivity contribution in [3.05, 3.63) is 58.6 Å². The van der Waals surface area contributed by atoms with Gasteiger partial charge < -0.3 is 14.5 Å². The minimum absolute atomic E-state index is 0.0408. The predicted molar refractivity (Wildman–Crippen MR) is 142 cm³/mol. The van der Waals surface area contributed by atoms with Crippen molar-refractivity contribution in [2.24, 2.45) is 10.1 Å². The first kappa shape index (κ1) is 25.9. The Balaban J connectivity index is 2.14. The van der Waals surface area contributed by atoms with Crippen LogP contribution in [0.1, 0.15) is 38.8 Å². The third-order valence-electron chi connectivity index (χ3n) is 6.20. The predicted octanol–water partition coefficient (Wildman–Crippen LogP) is 5.45. The molecule has 2 aromatic carbocycles. The molecule has 182 valence electrons. The quantitative estimate of drug-likeness (QED) is 0.408. The Hall–Kier alpha value is -2.68. The van der Waals surface area contributed by atoms with E-state index >= 15 is 0 Å². The lowest BCUT2D eigenvalue weighted by Crippen LogP contribution is -2.44. The smallest absolute Gasteiger partial charge is 0.237 e. The van der Waals surface area contributed by atoms with E-state index < -0.39 is 14.4 Å². The second-order valence-corrected chi connectivity index (χ2v) is 15.0. The third kappa shape index (κ3) is 6.05. The van der Waals surface area contributed by atoms with Crippen molar-refractivity contribution in [1.29, 1.82) is 0 Å². The number of amides is 1. The SMILES string of the molecule is COc1ccc2c(c1)C(c1ccc(Cl)cc1)=NC(CO[Si](C)(C)C(C)(C)C)C(=NNC(C)=O)N2. The van der Waals surface area contributed by atoms with Crippen molar-refractivity contribution in [1.82, 2.24) is 5.43 Å². The summed E-state index contributed by atoms with van der Waals surface area (Å²) < 4.78 is 12.0. The molecule has 1 unspecified atom stereocenters. The first-order valence-electron chi connectivity index (χ1n) is 11.2. The number of carbonyl (C=O) groups excluding carboxylic acids is 1. The number of carbonyl (C=O) groups is 1. The van der Waals surface area contributed by atoms with E-state index in [2.05, 4.69) is 49.7 Å². The highest BCUT2D eigenvalue weighted by Gasteiger charge is 2.38. The van der Waals surface area contributed by atoms with Gasteiger partial charge in [-0.25, -0.2) is 5.43 Å². The number of halogens is 1. The van der Waals surface area contributed by atoms with Crippen LogP contribution in [0.4, 0.5) is 5.69 Å². The Morgan fingerprint density at radius 3 is 2.47 bits per heavy atom. The highest BCUT2D eigenvalue weighted by atomic mass is 35.5. The number of methoxy groups -OCH3 is 1. The number of hydrazone groups is 1. The number of benzene rings is 2. The van der Waals surface area contributed by atoms with Gasteiger partial charge in [-0.15, -0.1) is 0 Å². The standard InChI is InChI=1S/C25H33ClN4O3Si/c1-16(31)29-30-24-22(15-33-34(6,7)25(2,3)4)27-23(17-8-10-18(26)11-9-17)20-14-19(32-5)12-13-21(20)28-24/h8-14,22H,15H2,1-7H3,(H,28,30)(H,29,31). The number of nitrogens with one attached hydrogen (secondary N) is 2. The minimum Gasteiger partial charge on any atom is -0.497 e. The van der Waals surface area contributed by atoms with Crippen LogP contribution in [0, 0.1) is 0 Å². The van der Waals surface area contributed by atoms with Gasteiger partial charge in [0, 0.05) is 28.8 Å². The summed E-state index contributed by atoms with van der Waals surface area (Å²) in [6.07, 6.45) is 0. The van der Waals surface area contributed by atoms with E-state index in [9.17, 15) is 4.79 Å². The molecule has 7 nitrogen and oxygen atoms in total. The number of amidine groups is 1. The topological polar surface area (TPSA) is 84.3 Å². The fourth-order valence-corrected chi connectivity index (χ4v) is 4.30. The van der Waals surface area contributed by atoms with Gasteiger partial charge in [0.15, 0.2) is 14.2 Å². The zero-order chi connectivity index (χ0) is 25.1. The van der Waals surface area contributed by atoms with Gasteiger partial charge in [0.2, 0.25) is 5.91 Å². The van der Waals surface area contributed by atoms with Crippen molar-refractivity contribution in [3.8, 4) is 5.75 Å². The fraction of sp³-hybridized carbons (Fsp3) is 0.400. The Kier molecular flexibility index (Phi) is 7.85. The van der Waals surface area contributed by atoms with Crippen LogP contribution in [0.15, 0.2) is 52.6 Å². The number of anilines is 1. The molecular formula is C25H33ClN4O3Si. The molecule has 34 heavy (non-hydrogen) atoms. The lowest BCUT2D eigenvalue weighted by Gasteiger charge is -2.36. The van der Waals surface area contributed by atoms with Crippen molar-refractivity contribution < 1.29 is 14.0 Å². The number of benzodiazepines with no additional fused rings is 1. The summed E-state index contributed by atoms with van der Waals surface area (Å²) in [6, 6.07) is 12.8. The molecule has 0 spiro atoms. The normalized spacial score (nSPS) is 17.4. The van der Waals surface area contributed by atoms with Gasteiger partial charge in [0.25, 0.3) is 0 Å². The number of ether oxygens (including phenoxy) is 1. The van der Waals surface area contributed by atoms with Crippen LogP contribution in [0.3, 0.4) is 0 Å². The maximum atomic E-state index is 11.6. The van der Waals surface area contributed by atoms with Crippen molar-refractivity contribution in [2.45, 2.75) is 51.9 Å². The second-order valence-electron chi connectivity index (χ2n) is 9.77. The maximum absolute atomic E-state index is 11.6. The zero-order valence-electron chi connectivity index (χ0n) is 20.8. The molecular weight excluding hydrogens is 468 g/mol. The van der Waals surface area contributed by atoms with E-state index in [-0.39, 0.29) is 10.9 Å². The molecule has 3 rings (SSSR count). The number of fused-ring (bicyclic) bond motifs is 1. The molecule has 1 atom stereocenters. The maximum Gasteiger partial charge on any atom is 0.237 e. The number of rotatable bonds is 6. The summed E-state index contributed by atoms with van der Waals surface area (Å²) in [4.78, 5) is 16.7. The molecule has 2 N–H and O–H groups in total. The molecule has 1 heterocycles. The average molecular weight is 501 g/mol. The number of aliphatic imine (C=N–C) groups is 1. The molecule has 0 bridgehead atoms. The molecule has 0 saturated heterocycles. The Bertz CT molecular complexity index is 1110. The highest BCUT2D eigenvalue weighted by molar-refractivity contribution is 6.74. The number of hydrogen-bond acceptors (Lipinski definition) is 5. The Morgan fingerprint density at radius 1 is 1.21 bits per heavy atom. The molecule has 0 aliphatic carbocycles. The van der Waals surface area contributed by atoms with Crippen molar-refractivity contribution >= 4 is 43.1 Å². The van der Waals surface area contributed by atoms with E-state index in [0.717, 1.165) is 22.5 Å². The number of nitrogens with zero attached hydrogens (tertiary/aromatic N) is 2. The van der Waals surface area contributed by atoms with Gasteiger partial charge in [-0.2, -0.15) is 5.10 Å². The molecule has 0 radical (unpaired) electrons. The molecule has 1 aliphatic rings. The lowest BCUT2D eigenvalue weighted by atomic mass is 10.0. The van der Waals surface area contributed by atoms with Gasteiger partial charge in [0.1, 0.15) is 11.8 Å². The Labute approximate surface area is 207 Å². The first-order valence-corrected chi connectivity index (χ1v) is 14.5. The van der Waals surface area contributed by atoms with Gasteiger partial charge in [-0.3, -0.25) is 9.79 Å². The van der Waals surface area contributed by atoms with E-state index in [1.807, 2.05) is 42.5 Å². The average Bonchev–Trinajstić information content (AvgIpc) is 2.92. The molecule has 0 saturated carbocycles. The van der Waals surface area contributed by atoms with Gasteiger partial charge in [0.05, 0.1) is 19.4 Å². The molecule has 1 amide bonds. The summed E-state index contributed by atoms with van der Waals surface area (Å²) in [7, 11) is -0.430. The third-order valence-corrected chi connectivity index (χ3v) is 11.0. The van der Waals surface area contributed by atoms with Crippen LogP contribution < -0.4 is 15.5 Å². The van der Waals surface area contributed by atoms with Gasteiger partial charge in [-0.1, -0.05) is 44.5 Å². The van der Waals surface area contributed by atoms with Crippen molar-refractivity contribution in [2.75, 3.05) is 19.0 Å². The minimum atomic E-state index is -2.06. The highest BCUT2D eigenvalue weighted by Crippen LogP contribution is 2.37. The van der Waals surface area contributed by atoms with E-state index in [1.54, 1.807) is 7.11 Å². The zero-order valence-corrected chi connectivity index (χ0v) is 22.6. The summed E-state index contributed by atoms with van der Waals surface area (Å²) in [5.74, 6) is 0.947. The second kappa shape index (κ2) is 10.3. The molecule has 0 fully saturated rings. The van der Waals surface area contributed by atoms with Crippen LogP contribution >= 0.6 is 11.6 Å². The van der Waals surface area contributed by atoms with Crippen LogP contribution in [-0.4, -0.2) is 45.5 Å². The van der Waals surface area contributed by atoms with Crippen LogP contribution in [0.5, 0.6) is 5.75 Å². The van der Waals surface area contributed by atoms with Gasteiger partial charge >= 0.3 is 0 Å². The monoisotopic (exact) mass is 500 g/mol. The summed E-state index contributed by atoms with van der Waals surface area (Å²) >= 11 is 6.15. The van der Waals surface area contributed by atoms with E-state index in [4.69, 9.17) is 25.8 Å². The van der Waals surface area contributed by atoms with Crippen molar-refractivity contribution in [3.63, 3.8) is 0 Å². The first-order chi connectivity index (χ1) is 15.9. The van der Waals surface area contributed by atoms with Crippen LogP contribution in [0.2, 0.25) is 23.2 Å². The molecule has 9 heteroatoms. The van der Waals surface area contributed by atoms with Gasteiger partial charge in [-0.05, 0) is 48.5 Å².